The van der Waals surface area contributed by atoms with Crippen molar-refractivity contribution in [3.63, 3.8) is 0 Å². The quantitative estimate of drug-likeness (QED) is 0.690. The van der Waals surface area contributed by atoms with Gasteiger partial charge in [0.15, 0.2) is 0 Å². The number of aliphatic hydroxyl groups is 1. The minimum atomic E-state index is -0.487. The number of nitrogens with two attached hydrogens (primary N) is 1. The Morgan fingerprint density at radius 3 is 2.82 bits per heavy atom. The Kier molecular flexibility index (Phi) is 5.51. The van der Waals surface area contributed by atoms with E-state index in [0.29, 0.717) is 23.8 Å². The fraction of sp³-hybridized carbons (Fsp3) is 0.500. The van der Waals surface area contributed by atoms with Gasteiger partial charge in [-0.05, 0) is 18.4 Å². The van der Waals surface area contributed by atoms with Crippen LogP contribution in [0.2, 0.25) is 5.02 Å². The minimum Gasteiger partial charge on any atom is -0.397 e. The molecule has 1 aromatic rings. The molecular weight excluding hydrogens is 243 g/mol. The van der Waals surface area contributed by atoms with E-state index in [1.54, 1.807) is 0 Å². The zero-order valence-corrected chi connectivity index (χ0v) is 10.6. The molecule has 1 aromatic carbocycles. The van der Waals surface area contributed by atoms with Gasteiger partial charge in [-0.15, -0.1) is 0 Å². The molecule has 4 N–H and O–H groups in total. The van der Waals surface area contributed by atoms with Gasteiger partial charge in [-0.25, -0.2) is 4.39 Å². The van der Waals surface area contributed by atoms with Crippen molar-refractivity contribution in [1.29, 1.82) is 0 Å². The lowest BCUT2D eigenvalue weighted by Crippen LogP contribution is -2.15. The van der Waals surface area contributed by atoms with Crippen LogP contribution >= 0.6 is 11.6 Å². The van der Waals surface area contributed by atoms with E-state index in [9.17, 15) is 4.39 Å². The lowest BCUT2D eigenvalue weighted by Gasteiger charge is -2.16. The largest absolute Gasteiger partial charge is 0.397 e. The van der Waals surface area contributed by atoms with Crippen LogP contribution in [-0.2, 0) is 0 Å². The summed E-state index contributed by atoms with van der Waals surface area (Å²) < 4.78 is 13.2. The summed E-state index contributed by atoms with van der Waals surface area (Å²) in [6.45, 7) is 2.86. The van der Waals surface area contributed by atoms with E-state index in [-0.39, 0.29) is 11.6 Å². The van der Waals surface area contributed by atoms with E-state index in [0.717, 1.165) is 12.8 Å². The molecule has 0 saturated carbocycles. The maximum Gasteiger partial charge on any atom is 0.143 e. The summed E-state index contributed by atoms with van der Waals surface area (Å²) in [5.74, 6) is -0.142. The predicted molar refractivity (Wildman–Crippen MR) is 69.8 cm³/mol. The van der Waals surface area contributed by atoms with Crippen molar-refractivity contribution in [2.45, 2.75) is 19.8 Å². The highest BCUT2D eigenvalue weighted by Crippen LogP contribution is 2.26. The first kappa shape index (κ1) is 14.1. The third-order valence-electron chi connectivity index (χ3n) is 2.79. The summed E-state index contributed by atoms with van der Waals surface area (Å²) in [6.07, 6.45) is 1.67. The summed E-state index contributed by atoms with van der Waals surface area (Å²) in [4.78, 5) is 0. The summed E-state index contributed by atoms with van der Waals surface area (Å²) in [5, 5.41) is 12.0. The molecule has 0 radical (unpaired) electrons. The van der Waals surface area contributed by atoms with Crippen molar-refractivity contribution in [3.05, 3.63) is 23.0 Å². The second-order valence-corrected chi connectivity index (χ2v) is 4.43. The number of nitrogen functional groups attached to an aromatic ring is 1. The van der Waals surface area contributed by atoms with Gasteiger partial charge in [0.05, 0.1) is 16.4 Å². The van der Waals surface area contributed by atoms with E-state index in [2.05, 4.69) is 5.32 Å². The van der Waals surface area contributed by atoms with Crippen LogP contribution in [0.4, 0.5) is 15.8 Å². The van der Waals surface area contributed by atoms with Gasteiger partial charge in [-0.1, -0.05) is 24.9 Å². The SMILES string of the molecule is CCC(CCO)CNc1cc(F)c(Cl)cc1N. The number of nitrogens with one attached hydrogen (secondary N) is 1. The van der Waals surface area contributed by atoms with Crippen LogP contribution in [0.1, 0.15) is 19.8 Å². The zero-order chi connectivity index (χ0) is 12.8. The third kappa shape index (κ3) is 4.06. The summed E-state index contributed by atoms with van der Waals surface area (Å²) in [6, 6.07) is 2.69. The smallest absolute Gasteiger partial charge is 0.143 e. The number of rotatable bonds is 6. The lowest BCUT2D eigenvalue weighted by atomic mass is 10.0. The standard InChI is InChI=1S/C12H18ClFN2O/c1-2-8(3-4-17)7-16-12-6-10(14)9(13)5-11(12)15/h5-6,8,16-17H,2-4,7,15H2,1H3. The molecule has 1 atom stereocenters. The first-order valence-corrected chi connectivity index (χ1v) is 6.05. The molecule has 0 aromatic heterocycles. The number of benzene rings is 1. The van der Waals surface area contributed by atoms with E-state index in [1.807, 2.05) is 6.92 Å². The van der Waals surface area contributed by atoms with Crippen molar-refractivity contribution >= 4 is 23.0 Å². The van der Waals surface area contributed by atoms with Crippen molar-refractivity contribution in [2.24, 2.45) is 5.92 Å². The molecule has 0 bridgehead atoms. The van der Waals surface area contributed by atoms with E-state index < -0.39 is 5.82 Å². The number of hydrogen-bond acceptors (Lipinski definition) is 3. The van der Waals surface area contributed by atoms with Crippen LogP contribution in [0, 0.1) is 11.7 Å². The van der Waals surface area contributed by atoms with Crippen LogP contribution in [0.5, 0.6) is 0 Å². The molecule has 0 fully saturated rings. The number of hydrogen-bond donors (Lipinski definition) is 3. The van der Waals surface area contributed by atoms with Crippen LogP contribution in [0.25, 0.3) is 0 Å². The average molecular weight is 261 g/mol. The van der Waals surface area contributed by atoms with E-state index in [4.69, 9.17) is 22.4 Å². The van der Waals surface area contributed by atoms with Crippen LogP contribution in [0.3, 0.4) is 0 Å². The van der Waals surface area contributed by atoms with Gasteiger partial charge in [0.2, 0.25) is 0 Å². The molecule has 0 aliphatic carbocycles. The molecule has 0 saturated heterocycles. The van der Waals surface area contributed by atoms with Gasteiger partial charge >= 0.3 is 0 Å². The Balaban J connectivity index is 2.65. The molecule has 96 valence electrons. The minimum absolute atomic E-state index is 0.0236. The van der Waals surface area contributed by atoms with Crippen LogP contribution in [-0.4, -0.2) is 18.3 Å². The highest BCUT2D eigenvalue weighted by molar-refractivity contribution is 6.31. The monoisotopic (exact) mass is 260 g/mol. The van der Waals surface area contributed by atoms with E-state index >= 15 is 0 Å². The van der Waals surface area contributed by atoms with Gasteiger partial charge in [0.25, 0.3) is 0 Å². The molecule has 17 heavy (non-hydrogen) atoms. The fourth-order valence-corrected chi connectivity index (χ4v) is 1.77. The second kappa shape index (κ2) is 6.67. The Morgan fingerprint density at radius 2 is 2.24 bits per heavy atom. The highest BCUT2D eigenvalue weighted by atomic mass is 35.5. The van der Waals surface area contributed by atoms with Crippen molar-refractivity contribution < 1.29 is 9.50 Å². The van der Waals surface area contributed by atoms with Crippen molar-refractivity contribution in [2.75, 3.05) is 24.2 Å². The third-order valence-corrected chi connectivity index (χ3v) is 3.08. The summed E-state index contributed by atoms with van der Waals surface area (Å²) >= 11 is 5.61. The molecule has 0 amide bonds. The highest BCUT2D eigenvalue weighted by Gasteiger charge is 2.09. The first-order valence-electron chi connectivity index (χ1n) is 5.67. The number of anilines is 2. The van der Waals surface area contributed by atoms with Crippen molar-refractivity contribution in [1.82, 2.24) is 0 Å². The zero-order valence-electron chi connectivity index (χ0n) is 9.84. The number of halogens is 2. The van der Waals surface area contributed by atoms with Gasteiger partial charge in [0.1, 0.15) is 5.82 Å². The molecule has 5 heteroatoms. The topological polar surface area (TPSA) is 58.3 Å². The Hall–Kier alpha value is -1.00. The lowest BCUT2D eigenvalue weighted by molar-refractivity contribution is 0.258. The molecule has 0 aliphatic rings. The molecule has 0 spiro atoms. The summed E-state index contributed by atoms with van der Waals surface area (Å²) in [7, 11) is 0. The Morgan fingerprint density at radius 1 is 1.53 bits per heavy atom. The molecular formula is C12H18ClFN2O. The van der Waals surface area contributed by atoms with Crippen LogP contribution in [0.15, 0.2) is 12.1 Å². The Labute approximate surface area is 106 Å². The summed E-state index contributed by atoms with van der Waals surface area (Å²) in [5.41, 5.74) is 6.70. The fourth-order valence-electron chi connectivity index (χ4n) is 1.60. The molecule has 1 unspecified atom stereocenters. The van der Waals surface area contributed by atoms with Gasteiger partial charge < -0.3 is 16.2 Å². The molecule has 0 aliphatic heterocycles. The molecule has 0 heterocycles. The van der Waals surface area contributed by atoms with Crippen molar-refractivity contribution in [3.8, 4) is 0 Å². The second-order valence-electron chi connectivity index (χ2n) is 4.02. The first-order chi connectivity index (χ1) is 8.08. The van der Waals surface area contributed by atoms with E-state index in [1.165, 1.54) is 12.1 Å². The maximum absolute atomic E-state index is 13.2. The van der Waals surface area contributed by atoms with Crippen LogP contribution < -0.4 is 11.1 Å². The maximum atomic E-state index is 13.2. The molecule has 1 rings (SSSR count). The van der Waals surface area contributed by atoms with Gasteiger partial charge in [0, 0.05) is 19.2 Å². The molecule has 3 nitrogen and oxygen atoms in total. The predicted octanol–water partition coefficient (Wildman–Crippen LogP) is 2.88. The number of aliphatic hydroxyl groups excluding tert-OH is 1. The average Bonchev–Trinajstić information content (AvgIpc) is 2.30. The Bertz CT molecular complexity index is 374. The van der Waals surface area contributed by atoms with Gasteiger partial charge in [-0.2, -0.15) is 0 Å². The van der Waals surface area contributed by atoms with Gasteiger partial charge in [-0.3, -0.25) is 0 Å². The normalized spacial score (nSPS) is 12.5.